The first-order valence-electron chi connectivity index (χ1n) is 9.89. The molecule has 2 aromatic rings. The van der Waals surface area contributed by atoms with E-state index in [4.69, 9.17) is 23.2 Å². The lowest BCUT2D eigenvalue weighted by Crippen LogP contribution is -2.50. The van der Waals surface area contributed by atoms with Gasteiger partial charge < -0.3 is 0 Å². The number of rotatable bonds is 4. The molecule has 0 radical (unpaired) electrons. The van der Waals surface area contributed by atoms with Gasteiger partial charge in [-0.25, -0.2) is 5.01 Å². The van der Waals surface area contributed by atoms with Crippen LogP contribution in [-0.4, -0.2) is 35.5 Å². The Morgan fingerprint density at radius 2 is 1.87 bits per heavy atom. The quantitative estimate of drug-likeness (QED) is 0.765. The van der Waals surface area contributed by atoms with E-state index in [-0.39, 0.29) is 30.2 Å². The third-order valence-corrected chi connectivity index (χ3v) is 6.01. The number of amides is 1. The van der Waals surface area contributed by atoms with Crippen LogP contribution >= 0.6 is 23.2 Å². The smallest absolute Gasteiger partial charge is 0.282 e. The van der Waals surface area contributed by atoms with E-state index in [1.54, 1.807) is 16.1 Å². The van der Waals surface area contributed by atoms with Crippen molar-refractivity contribution in [3.63, 3.8) is 0 Å². The summed E-state index contributed by atoms with van der Waals surface area (Å²) in [5.41, 5.74) is 4.95. The highest BCUT2D eigenvalue weighted by atomic mass is 35.5. The standard InChI is InChI=1S/C22H22Cl2N4O2/c1-14-20(22(30)26-27-12-4-5-17(29)13-27)25-28(19-7-3-2-6-18(19)24)21(14)15-8-10-16(23)11-9-15/h2-3,6-11,14,21H,4-5,12-13H2,1H3,(H,26,30)/t14-,21+/m1/s1. The van der Waals surface area contributed by atoms with Gasteiger partial charge in [0.15, 0.2) is 0 Å². The third kappa shape index (κ3) is 4.21. The number of hydrazone groups is 1. The van der Waals surface area contributed by atoms with E-state index >= 15 is 0 Å². The summed E-state index contributed by atoms with van der Waals surface area (Å²) in [6.07, 6.45) is 1.29. The summed E-state index contributed by atoms with van der Waals surface area (Å²) in [6, 6.07) is 14.7. The topological polar surface area (TPSA) is 65.0 Å². The van der Waals surface area contributed by atoms with Crippen LogP contribution in [0.15, 0.2) is 53.6 Å². The highest BCUT2D eigenvalue weighted by Crippen LogP contribution is 2.41. The number of anilines is 1. The zero-order valence-electron chi connectivity index (χ0n) is 16.5. The van der Waals surface area contributed by atoms with Gasteiger partial charge >= 0.3 is 0 Å². The van der Waals surface area contributed by atoms with Crippen LogP contribution in [0.3, 0.4) is 0 Å². The molecule has 6 nitrogen and oxygen atoms in total. The molecule has 0 aliphatic carbocycles. The molecule has 2 aromatic carbocycles. The van der Waals surface area contributed by atoms with Gasteiger partial charge in [0.25, 0.3) is 5.91 Å². The Kier molecular flexibility index (Phi) is 6.09. The zero-order valence-corrected chi connectivity index (χ0v) is 18.0. The molecule has 8 heteroatoms. The Hall–Kier alpha value is -2.41. The van der Waals surface area contributed by atoms with Gasteiger partial charge in [-0.05, 0) is 36.2 Å². The molecular formula is C22H22Cl2N4O2. The normalized spacial score (nSPS) is 22.2. The number of ketones is 1. The molecule has 1 amide bonds. The molecular weight excluding hydrogens is 423 g/mol. The first-order chi connectivity index (χ1) is 14.4. The summed E-state index contributed by atoms with van der Waals surface area (Å²) < 4.78 is 0. The zero-order chi connectivity index (χ0) is 21.3. The molecule has 0 saturated carbocycles. The third-order valence-electron chi connectivity index (χ3n) is 5.44. The van der Waals surface area contributed by atoms with Gasteiger partial charge in [0.05, 0.1) is 23.3 Å². The van der Waals surface area contributed by atoms with E-state index in [1.165, 1.54) is 0 Å². The van der Waals surface area contributed by atoms with Gasteiger partial charge in [-0.2, -0.15) is 5.10 Å². The summed E-state index contributed by atoms with van der Waals surface area (Å²) in [5.74, 6) is -0.381. The summed E-state index contributed by atoms with van der Waals surface area (Å²) in [4.78, 5) is 24.8. The van der Waals surface area contributed by atoms with Gasteiger partial charge in [0, 0.05) is 23.9 Å². The first-order valence-corrected chi connectivity index (χ1v) is 10.6. The number of hydrazine groups is 1. The molecule has 156 valence electrons. The van der Waals surface area contributed by atoms with E-state index in [0.29, 0.717) is 28.7 Å². The van der Waals surface area contributed by atoms with Crippen molar-refractivity contribution in [2.45, 2.75) is 25.8 Å². The maximum Gasteiger partial charge on any atom is 0.282 e. The molecule has 0 bridgehead atoms. The number of hydrogen-bond donors (Lipinski definition) is 1. The van der Waals surface area contributed by atoms with Gasteiger partial charge in [-0.15, -0.1) is 0 Å². The summed E-state index contributed by atoms with van der Waals surface area (Å²) in [5, 5.41) is 9.33. The fourth-order valence-corrected chi connectivity index (χ4v) is 4.30. The number of hydrogen-bond acceptors (Lipinski definition) is 5. The molecule has 1 fully saturated rings. The lowest BCUT2D eigenvalue weighted by molar-refractivity contribution is -0.126. The predicted molar refractivity (Wildman–Crippen MR) is 119 cm³/mol. The SMILES string of the molecule is C[C@@H]1C(C(=O)NN2CCCC(=O)C2)=NN(c2ccccc2Cl)[C@@H]1c1ccc(Cl)cc1. The van der Waals surface area contributed by atoms with Crippen LogP contribution in [0.25, 0.3) is 0 Å². The van der Waals surface area contributed by atoms with Crippen LogP contribution in [0, 0.1) is 5.92 Å². The lowest BCUT2D eigenvalue weighted by atomic mass is 9.91. The van der Waals surface area contributed by atoms with E-state index < -0.39 is 0 Å². The van der Waals surface area contributed by atoms with Gasteiger partial charge in [0.2, 0.25) is 0 Å². The lowest BCUT2D eigenvalue weighted by Gasteiger charge is -2.28. The molecule has 2 atom stereocenters. The van der Waals surface area contributed by atoms with Crippen LogP contribution in [0.5, 0.6) is 0 Å². The highest BCUT2D eigenvalue weighted by Gasteiger charge is 2.40. The second-order valence-corrected chi connectivity index (χ2v) is 8.41. The number of Topliss-reactive ketones (excluding diaryl/α,β-unsaturated/α-hetero) is 1. The molecule has 0 spiro atoms. The molecule has 2 heterocycles. The molecule has 1 saturated heterocycles. The molecule has 0 unspecified atom stereocenters. The average Bonchev–Trinajstić information content (AvgIpc) is 3.06. The Bertz CT molecular complexity index is 993. The van der Waals surface area contributed by atoms with Crippen LogP contribution in [0.4, 0.5) is 5.69 Å². The van der Waals surface area contributed by atoms with E-state index in [9.17, 15) is 9.59 Å². The van der Waals surface area contributed by atoms with Crippen LogP contribution in [0.1, 0.15) is 31.4 Å². The van der Waals surface area contributed by atoms with Crippen molar-refractivity contribution in [1.29, 1.82) is 0 Å². The minimum absolute atomic E-state index is 0.125. The number of benzene rings is 2. The van der Waals surface area contributed by atoms with Crippen molar-refractivity contribution < 1.29 is 9.59 Å². The molecule has 2 aliphatic heterocycles. The van der Waals surface area contributed by atoms with Crippen molar-refractivity contribution in [2.24, 2.45) is 11.0 Å². The van der Waals surface area contributed by atoms with Gasteiger partial charge in [0.1, 0.15) is 11.5 Å². The van der Waals surface area contributed by atoms with E-state index in [2.05, 4.69) is 10.5 Å². The van der Waals surface area contributed by atoms with Crippen LogP contribution in [0.2, 0.25) is 10.0 Å². The molecule has 0 aromatic heterocycles. The van der Waals surface area contributed by atoms with Crippen LogP contribution in [-0.2, 0) is 9.59 Å². The highest BCUT2D eigenvalue weighted by molar-refractivity contribution is 6.40. The van der Waals surface area contributed by atoms with Crippen molar-refractivity contribution >= 4 is 46.3 Å². The largest absolute Gasteiger partial charge is 0.298 e. The van der Waals surface area contributed by atoms with Gasteiger partial charge in [-0.1, -0.05) is 54.4 Å². The van der Waals surface area contributed by atoms with Crippen molar-refractivity contribution in [3.05, 3.63) is 64.1 Å². The van der Waals surface area contributed by atoms with Crippen molar-refractivity contribution in [3.8, 4) is 0 Å². The van der Waals surface area contributed by atoms with E-state index in [0.717, 1.165) is 17.7 Å². The summed E-state index contributed by atoms with van der Waals surface area (Å²) >= 11 is 12.5. The number of halogens is 2. The van der Waals surface area contributed by atoms with Crippen LogP contribution < -0.4 is 10.4 Å². The fourth-order valence-electron chi connectivity index (χ4n) is 3.95. The minimum Gasteiger partial charge on any atom is -0.298 e. The minimum atomic E-state index is -0.300. The fraction of sp³-hybridized carbons (Fsp3) is 0.318. The second kappa shape index (κ2) is 8.76. The average molecular weight is 445 g/mol. The molecule has 2 aliphatic rings. The Labute approximate surface area is 185 Å². The molecule has 1 N–H and O–H groups in total. The Morgan fingerprint density at radius 3 is 2.57 bits per heavy atom. The summed E-state index contributed by atoms with van der Waals surface area (Å²) in [6.45, 7) is 2.84. The van der Waals surface area contributed by atoms with Gasteiger partial charge in [-0.3, -0.25) is 20.0 Å². The number of nitrogens with zero attached hydrogens (tertiary/aromatic N) is 3. The second-order valence-electron chi connectivity index (χ2n) is 7.57. The van der Waals surface area contributed by atoms with Crippen molar-refractivity contribution in [2.75, 3.05) is 18.1 Å². The summed E-state index contributed by atoms with van der Waals surface area (Å²) in [7, 11) is 0. The van der Waals surface area contributed by atoms with Crippen molar-refractivity contribution in [1.82, 2.24) is 10.4 Å². The number of nitrogens with one attached hydrogen (secondary N) is 1. The van der Waals surface area contributed by atoms with E-state index in [1.807, 2.05) is 49.4 Å². The Morgan fingerprint density at radius 1 is 1.13 bits per heavy atom. The maximum atomic E-state index is 13.0. The predicted octanol–water partition coefficient (Wildman–Crippen LogP) is 4.24. The monoisotopic (exact) mass is 444 g/mol. The maximum absolute atomic E-state index is 13.0. The number of para-hydroxylation sites is 1. The number of carbonyl (C=O) groups is 2. The molecule has 30 heavy (non-hydrogen) atoms. The first kappa shape index (κ1) is 20.8. The molecule has 4 rings (SSSR count). The number of piperidine rings is 1. The number of carbonyl (C=O) groups excluding carboxylic acids is 2. The Balaban J connectivity index is 1.66.